The number of benzene rings is 1. The van der Waals surface area contributed by atoms with Crippen molar-refractivity contribution in [2.75, 3.05) is 5.32 Å². The van der Waals surface area contributed by atoms with Crippen molar-refractivity contribution in [1.82, 2.24) is 0 Å². The first-order chi connectivity index (χ1) is 9.41. The molecule has 0 saturated heterocycles. The lowest BCUT2D eigenvalue weighted by molar-refractivity contribution is -0.138. The Hall–Kier alpha value is -2.43. The Bertz CT molecular complexity index is 670. The van der Waals surface area contributed by atoms with Crippen LogP contribution in [0.5, 0.6) is 5.75 Å². The summed E-state index contributed by atoms with van der Waals surface area (Å²) >= 11 is 0. The molecule has 0 saturated carbocycles. The summed E-state index contributed by atoms with van der Waals surface area (Å²) in [7, 11) is 0. The highest BCUT2D eigenvalue weighted by molar-refractivity contribution is 5.95. The Balaban J connectivity index is 2.15. The molecule has 0 amide bonds. The van der Waals surface area contributed by atoms with E-state index in [-0.39, 0.29) is 11.3 Å². The van der Waals surface area contributed by atoms with Crippen LogP contribution in [0, 0.1) is 6.92 Å². The van der Waals surface area contributed by atoms with Gasteiger partial charge in [-0.1, -0.05) is 6.07 Å². The Morgan fingerprint density at radius 2 is 2.10 bits per heavy atom. The minimum Gasteiger partial charge on any atom is -0.512 e. The maximum atomic E-state index is 12.0. The van der Waals surface area contributed by atoms with Crippen molar-refractivity contribution in [3.8, 4) is 5.75 Å². The van der Waals surface area contributed by atoms with Crippen LogP contribution in [0.4, 0.5) is 5.69 Å². The standard InChI is InChI=1S/C15H15NO4/c1-8-4-5-12-11(6-8)16-15(20-12)7-9(2)19-14(18)13(15)10(3)17/h4-7,16-17H,1-3H3/b13-10-. The van der Waals surface area contributed by atoms with Crippen molar-refractivity contribution in [2.24, 2.45) is 0 Å². The van der Waals surface area contributed by atoms with E-state index in [4.69, 9.17) is 9.47 Å². The minimum atomic E-state index is -1.20. The van der Waals surface area contributed by atoms with Crippen LogP contribution in [-0.4, -0.2) is 16.8 Å². The van der Waals surface area contributed by atoms with Gasteiger partial charge in [-0.25, -0.2) is 4.79 Å². The first-order valence-electron chi connectivity index (χ1n) is 6.31. The summed E-state index contributed by atoms with van der Waals surface area (Å²) in [6, 6.07) is 5.68. The Kier molecular flexibility index (Phi) is 2.54. The highest BCUT2D eigenvalue weighted by atomic mass is 16.6. The van der Waals surface area contributed by atoms with Gasteiger partial charge in [0.25, 0.3) is 0 Å². The van der Waals surface area contributed by atoms with Gasteiger partial charge in [-0.05, 0) is 38.5 Å². The van der Waals surface area contributed by atoms with E-state index >= 15 is 0 Å². The van der Waals surface area contributed by atoms with Crippen molar-refractivity contribution in [2.45, 2.75) is 26.5 Å². The van der Waals surface area contributed by atoms with E-state index in [2.05, 4.69) is 5.32 Å². The molecule has 0 aromatic heterocycles. The monoisotopic (exact) mass is 273 g/mol. The number of hydrogen-bond acceptors (Lipinski definition) is 5. The molecule has 0 bridgehead atoms. The molecule has 0 aliphatic carbocycles. The first kappa shape index (κ1) is 12.6. The third kappa shape index (κ3) is 1.74. The topological polar surface area (TPSA) is 67.8 Å². The van der Waals surface area contributed by atoms with Gasteiger partial charge in [0, 0.05) is 6.08 Å². The molecule has 1 aromatic carbocycles. The zero-order chi connectivity index (χ0) is 14.5. The summed E-state index contributed by atoms with van der Waals surface area (Å²) in [5, 5.41) is 13.0. The molecule has 104 valence electrons. The number of nitrogens with one attached hydrogen (secondary N) is 1. The predicted molar refractivity (Wildman–Crippen MR) is 73.3 cm³/mol. The summed E-state index contributed by atoms with van der Waals surface area (Å²) in [5.41, 5.74) is 0.718. The van der Waals surface area contributed by atoms with Gasteiger partial charge < -0.3 is 19.9 Å². The fourth-order valence-electron chi connectivity index (χ4n) is 2.56. The summed E-state index contributed by atoms with van der Waals surface area (Å²) in [6.07, 6.45) is 1.65. The maximum absolute atomic E-state index is 12.0. The van der Waals surface area contributed by atoms with Gasteiger partial charge in [0.1, 0.15) is 22.8 Å². The van der Waals surface area contributed by atoms with Gasteiger partial charge in [0.2, 0.25) is 5.72 Å². The molecular weight excluding hydrogens is 258 g/mol. The zero-order valence-corrected chi connectivity index (χ0v) is 11.5. The molecule has 0 radical (unpaired) electrons. The van der Waals surface area contributed by atoms with Crippen LogP contribution in [-0.2, 0) is 9.53 Å². The molecule has 3 rings (SSSR count). The van der Waals surface area contributed by atoms with Gasteiger partial charge in [-0.2, -0.15) is 0 Å². The van der Waals surface area contributed by atoms with Crippen molar-refractivity contribution in [3.05, 3.63) is 46.9 Å². The summed E-state index contributed by atoms with van der Waals surface area (Å²) in [4.78, 5) is 12.0. The Morgan fingerprint density at radius 1 is 1.35 bits per heavy atom. The molecular formula is C15H15NO4. The lowest BCUT2D eigenvalue weighted by Crippen LogP contribution is -2.47. The van der Waals surface area contributed by atoms with Gasteiger partial charge in [-0.3, -0.25) is 0 Å². The smallest absolute Gasteiger partial charge is 0.349 e. The SMILES string of the molecule is CC1=CC2(Nc3cc(C)ccc3O2)/C(=C(/C)O)C(=O)O1. The third-order valence-electron chi connectivity index (χ3n) is 3.32. The number of fused-ring (bicyclic) bond motifs is 1. The average Bonchev–Trinajstić information content (AvgIpc) is 2.63. The Morgan fingerprint density at radius 3 is 2.80 bits per heavy atom. The van der Waals surface area contributed by atoms with E-state index in [0.29, 0.717) is 11.5 Å². The maximum Gasteiger partial charge on any atom is 0.349 e. The number of carbonyl (C=O) groups is 1. The number of rotatable bonds is 0. The lowest BCUT2D eigenvalue weighted by Gasteiger charge is -2.31. The second-order valence-electron chi connectivity index (χ2n) is 5.07. The number of aliphatic hydroxyl groups is 1. The van der Waals surface area contributed by atoms with Crippen LogP contribution in [0.3, 0.4) is 0 Å². The third-order valence-corrected chi connectivity index (χ3v) is 3.32. The Labute approximate surface area is 116 Å². The normalized spacial score (nSPS) is 26.4. The highest BCUT2D eigenvalue weighted by Crippen LogP contribution is 2.44. The van der Waals surface area contributed by atoms with Gasteiger partial charge in [0.15, 0.2) is 0 Å². The molecule has 20 heavy (non-hydrogen) atoms. The molecule has 2 heterocycles. The lowest BCUT2D eigenvalue weighted by atomic mass is 9.98. The largest absolute Gasteiger partial charge is 0.512 e. The van der Waals surface area contributed by atoms with E-state index in [0.717, 1.165) is 11.3 Å². The number of aryl methyl sites for hydroxylation is 1. The molecule has 1 aromatic rings. The summed E-state index contributed by atoms with van der Waals surface area (Å²) < 4.78 is 11.0. The molecule has 0 fully saturated rings. The number of carbonyl (C=O) groups excluding carboxylic acids is 1. The number of esters is 1. The zero-order valence-electron chi connectivity index (χ0n) is 11.5. The first-order valence-corrected chi connectivity index (χ1v) is 6.31. The fourth-order valence-corrected chi connectivity index (χ4v) is 2.56. The number of cyclic esters (lactones) is 1. The quantitative estimate of drug-likeness (QED) is 0.432. The van der Waals surface area contributed by atoms with E-state index in [9.17, 15) is 9.90 Å². The van der Waals surface area contributed by atoms with Crippen LogP contribution in [0.15, 0.2) is 41.4 Å². The van der Waals surface area contributed by atoms with Gasteiger partial charge in [-0.15, -0.1) is 0 Å². The summed E-state index contributed by atoms with van der Waals surface area (Å²) in [6.45, 7) is 5.08. The second kappa shape index (κ2) is 4.03. The fraction of sp³-hybridized carbons (Fsp3) is 0.267. The second-order valence-corrected chi connectivity index (χ2v) is 5.07. The van der Waals surface area contributed by atoms with Gasteiger partial charge >= 0.3 is 5.97 Å². The van der Waals surface area contributed by atoms with Crippen molar-refractivity contribution >= 4 is 11.7 Å². The number of anilines is 1. The van der Waals surface area contributed by atoms with Gasteiger partial charge in [0.05, 0.1) is 5.69 Å². The average molecular weight is 273 g/mol. The molecule has 2 N–H and O–H groups in total. The molecule has 5 nitrogen and oxygen atoms in total. The highest BCUT2D eigenvalue weighted by Gasteiger charge is 2.49. The van der Waals surface area contributed by atoms with E-state index in [1.165, 1.54) is 6.92 Å². The number of ether oxygens (including phenoxy) is 2. The molecule has 1 atom stereocenters. The van der Waals surface area contributed by atoms with Crippen LogP contribution in [0.2, 0.25) is 0 Å². The molecule has 5 heteroatoms. The summed E-state index contributed by atoms with van der Waals surface area (Å²) in [5.74, 6) is 0.322. The van der Waals surface area contributed by atoms with E-state index in [1.807, 2.05) is 25.1 Å². The molecule has 2 aliphatic heterocycles. The predicted octanol–water partition coefficient (Wildman–Crippen LogP) is 2.79. The van der Waals surface area contributed by atoms with Crippen molar-refractivity contribution in [1.29, 1.82) is 0 Å². The van der Waals surface area contributed by atoms with Crippen molar-refractivity contribution < 1.29 is 19.4 Å². The van der Waals surface area contributed by atoms with Crippen LogP contribution < -0.4 is 10.1 Å². The molecule has 2 aliphatic rings. The van der Waals surface area contributed by atoms with E-state index < -0.39 is 11.7 Å². The molecule has 1 unspecified atom stereocenters. The number of hydrogen-bond donors (Lipinski definition) is 2. The van der Waals surface area contributed by atoms with Crippen LogP contribution >= 0.6 is 0 Å². The van der Waals surface area contributed by atoms with Crippen LogP contribution in [0.1, 0.15) is 19.4 Å². The number of allylic oxidation sites excluding steroid dienone is 2. The van der Waals surface area contributed by atoms with Crippen LogP contribution in [0.25, 0.3) is 0 Å². The number of aliphatic hydroxyl groups excluding tert-OH is 1. The molecule has 1 spiro atoms. The van der Waals surface area contributed by atoms with Crippen molar-refractivity contribution in [3.63, 3.8) is 0 Å². The van der Waals surface area contributed by atoms with E-state index in [1.54, 1.807) is 13.0 Å². The minimum absolute atomic E-state index is 0.0666.